The summed E-state index contributed by atoms with van der Waals surface area (Å²) in [6, 6.07) is 4.66. The summed E-state index contributed by atoms with van der Waals surface area (Å²) in [6.07, 6.45) is -3.42. The third kappa shape index (κ3) is 10.1. The summed E-state index contributed by atoms with van der Waals surface area (Å²) in [5.74, 6) is -5.38. The maximum absolute atomic E-state index is 12.6. The van der Waals surface area contributed by atoms with Gasteiger partial charge in [0.15, 0.2) is 0 Å². The summed E-state index contributed by atoms with van der Waals surface area (Å²) in [4.78, 5) is 39.0. The lowest BCUT2D eigenvalue weighted by molar-refractivity contribution is -0.193. The molecule has 1 atom stereocenters. The van der Waals surface area contributed by atoms with Crippen LogP contribution in [0, 0.1) is 5.41 Å². The number of hydrogen-bond donors (Lipinski definition) is 2. The van der Waals surface area contributed by atoms with Crippen LogP contribution in [0.4, 0.5) is 26.3 Å². The second-order valence-electron chi connectivity index (χ2n) is 9.21. The van der Waals surface area contributed by atoms with Gasteiger partial charge >= 0.3 is 24.3 Å². The standard InChI is InChI=1S/C19H29N3O2.2C2HF3O2/c1-15(2)22-14-19(12-17(22)13-24-3)6-10-21(11-7-19)18(23)16-4-8-20-9-5-16;2*3-2(4,5)1(6)7/h4-5,8-9,15,17H,6-7,10-14H2,1-3H3;2*(H,6,7). The number of alkyl halides is 6. The topological polar surface area (TPSA) is 120 Å². The molecule has 1 spiro atoms. The van der Waals surface area contributed by atoms with Crippen molar-refractivity contribution in [1.82, 2.24) is 14.8 Å². The van der Waals surface area contributed by atoms with Crippen LogP contribution in [0.2, 0.25) is 0 Å². The molecule has 0 radical (unpaired) electrons. The van der Waals surface area contributed by atoms with E-state index in [1.54, 1.807) is 31.6 Å². The van der Waals surface area contributed by atoms with Crippen molar-refractivity contribution in [3.8, 4) is 0 Å². The number of pyridine rings is 1. The number of rotatable bonds is 4. The Morgan fingerprint density at radius 1 is 1.03 bits per heavy atom. The summed E-state index contributed by atoms with van der Waals surface area (Å²) >= 11 is 0. The van der Waals surface area contributed by atoms with Gasteiger partial charge in [0.25, 0.3) is 5.91 Å². The minimum atomic E-state index is -5.08. The number of carbonyl (C=O) groups excluding carboxylic acids is 1. The van der Waals surface area contributed by atoms with Crippen LogP contribution in [0.1, 0.15) is 43.5 Å². The SMILES string of the molecule is COCC1CC2(CCN(C(=O)c3ccncc3)CC2)CN1C(C)C.O=C(O)C(F)(F)F.O=C(O)C(F)(F)F. The van der Waals surface area contributed by atoms with Crippen LogP contribution in [0.5, 0.6) is 0 Å². The quantitative estimate of drug-likeness (QED) is 0.536. The summed E-state index contributed by atoms with van der Waals surface area (Å²) in [5, 5.41) is 14.2. The second-order valence-corrected chi connectivity index (χ2v) is 9.21. The molecule has 1 amide bonds. The van der Waals surface area contributed by atoms with E-state index >= 15 is 0 Å². The lowest BCUT2D eigenvalue weighted by Crippen LogP contribution is -2.44. The highest BCUT2D eigenvalue weighted by Gasteiger charge is 2.46. The van der Waals surface area contributed by atoms with Crippen molar-refractivity contribution in [1.29, 1.82) is 0 Å². The van der Waals surface area contributed by atoms with Gasteiger partial charge < -0.3 is 19.8 Å². The maximum Gasteiger partial charge on any atom is 0.490 e. The first-order valence-corrected chi connectivity index (χ1v) is 11.5. The highest BCUT2D eigenvalue weighted by Crippen LogP contribution is 2.44. The minimum Gasteiger partial charge on any atom is -0.475 e. The highest BCUT2D eigenvalue weighted by molar-refractivity contribution is 5.94. The Labute approximate surface area is 215 Å². The van der Waals surface area contributed by atoms with Crippen LogP contribution in [0.15, 0.2) is 24.5 Å². The molecule has 2 aliphatic heterocycles. The van der Waals surface area contributed by atoms with E-state index in [2.05, 4.69) is 23.7 Å². The number of amides is 1. The fourth-order valence-electron chi connectivity index (χ4n) is 4.37. The molecule has 3 heterocycles. The van der Waals surface area contributed by atoms with E-state index < -0.39 is 24.3 Å². The van der Waals surface area contributed by atoms with Gasteiger partial charge in [-0.1, -0.05) is 0 Å². The zero-order valence-corrected chi connectivity index (χ0v) is 21.1. The molecule has 0 aliphatic carbocycles. The molecular formula is C23H31F6N3O6. The summed E-state index contributed by atoms with van der Waals surface area (Å²) < 4.78 is 68.9. The van der Waals surface area contributed by atoms with Crippen LogP contribution in [0.3, 0.4) is 0 Å². The van der Waals surface area contributed by atoms with Gasteiger partial charge in [-0.05, 0) is 50.7 Å². The Hall–Kier alpha value is -2.94. The third-order valence-corrected chi connectivity index (χ3v) is 6.20. The van der Waals surface area contributed by atoms with Crippen molar-refractivity contribution in [2.45, 2.75) is 57.5 Å². The van der Waals surface area contributed by atoms with Crippen molar-refractivity contribution >= 4 is 17.8 Å². The largest absolute Gasteiger partial charge is 0.490 e. The number of likely N-dealkylation sites (tertiary alicyclic amines) is 2. The molecule has 2 fully saturated rings. The Morgan fingerprint density at radius 3 is 1.84 bits per heavy atom. The van der Waals surface area contributed by atoms with Gasteiger partial charge in [0.2, 0.25) is 0 Å². The number of carboxylic acids is 2. The first kappa shape index (κ1) is 33.1. The highest BCUT2D eigenvalue weighted by atomic mass is 19.4. The van der Waals surface area contributed by atoms with Crippen molar-refractivity contribution < 1.29 is 55.7 Å². The van der Waals surface area contributed by atoms with Gasteiger partial charge in [-0.3, -0.25) is 14.7 Å². The van der Waals surface area contributed by atoms with Crippen LogP contribution in [-0.2, 0) is 14.3 Å². The normalized spacial score (nSPS) is 19.3. The maximum atomic E-state index is 12.6. The van der Waals surface area contributed by atoms with Crippen LogP contribution in [-0.4, -0.2) is 101 Å². The number of aromatic nitrogens is 1. The van der Waals surface area contributed by atoms with Crippen molar-refractivity contribution in [2.24, 2.45) is 5.41 Å². The Balaban J connectivity index is 0.000000426. The molecule has 1 aromatic heterocycles. The smallest absolute Gasteiger partial charge is 0.475 e. The first-order chi connectivity index (χ1) is 17.4. The van der Waals surface area contributed by atoms with E-state index in [1.807, 2.05) is 4.90 Å². The molecule has 9 nitrogen and oxygen atoms in total. The number of carboxylic acid groups (broad SMARTS) is 2. The van der Waals surface area contributed by atoms with Gasteiger partial charge in [0.1, 0.15) is 0 Å². The molecule has 1 aromatic rings. The Morgan fingerprint density at radius 2 is 1.47 bits per heavy atom. The molecule has 0 aromatic carbocycles. The number of halogens is 6. The lowest BCUT2D eigenvalue weighted by atomic mass is 9.76. The fraction of sp³-hybridized carbons (Fsp3) is 0.652. The van der Waals surface area contributed by atoms with Crippen LogP contribution >= 0.6 is 0 Å². The van der Waals surface area contributed by atoms with E-state index in [-0.39, 0.29) is 5.91 Å². The monoisotopic (exact) mass is 559 g/mol. The molecule has 216 valence electrons. The van der Waals surface area contributed by atoms with E-state index in [0.29, 0.717) is 17.5 Å². The van der Waals surface area contributed by atoms with Crippen molar-refractivity contribution in [2.75, 3.05) is 33.4 Å². The average Bonchev–Trinajstić information content (AvgIpc) is 3.17. The molecular weight excluding hydrogens is 528 g/mol. The predicted octanol–water partition coefficient (Wildman–Crippen LogP) is 3.70. The molecule has 2 saturated heterocycles. The molecule has 1 unspecified atom stereocenters. The average molecular weight is 560 g/mol. The molecule has 2 aliphatic rings. The molecule has 2 N–H and O–H groups in total. The number of methoxy groups -OCH3 is 1. The van der Waals surface area contributed by atoms with Gasteiger partial charge in [0, 0.05) is 56.8 Å². The van der Waals surface area contributed by atoms with Gasteiger partial charge in [-0.2, -0.15) is 26.3 Å². The van der Waals surface area contributed by atoms with Gasteiger partial charge in [-0.15, -0.1) is 0 Å². The predicted molar refractivity (Wildman–Crippen MR) is 121 cm³/mol. The number of carbonyl (C=O) groups is 3. The summed E-state index contributed by atoms with van der Waals surface area (Å²) in [5.41, 5.74) is 1.09. The number of ether oxygens (including phenoxy) is 1. The number of piperidine rings is 1. The van der Waals surface area contributed by atoms with Crippen molar-refractivity contribution in [3.05, 3.63) is 30.1 Å². The van der Waals surface area contributed by atoms with Crippen molar-refractivity contribution in [3.63, 3.8) is 0 Å². The van der Waals surface area contributed by atoms with Gasteiger partial charge in [0.05, 0.1) is 6.61 Å². The zero-order valence-electron chi connectivity index (χ0n) is 21.1. The molecule has 0 bridgehead atoms. The number of hydrogen-bond acceptors (Lipinski definition) is 6. The van der Waals surface area contributed by atoms with Gasteiger partial charge in [-0.25, -0.2) is 9.59 Å². The molecule has 38 heavy (non-hydrogen) atoms. The summed E-state index contributed by atoms with van der Waals surface area (Å²) in [7, 11) is 1.79. The number of nitrogens with zero attached hydrogens (tertiary/aromatic N) is 3. The van der Waals surface area contributed by atoms with E-state index in [1.165, 1.54) is 6.42 Å². The van der Waals surface area contributed by atoms with E-state index in [0.717, 1.165) is 44.6 Å². The van der Waals surface area contributed by atoms with E-state index in [4.69, 9.17) is 24.5 Å². The third-order valence-electron chi connectivity index (χ3n) is 6.20. The molecule has 0 saturated carbocycles. The summed E-state index contributed by atoms with van der Waals surface area (Å²) in [6.45, 7) is 8.18. The fourth-order valence-corrected chi connectivity index (χ4v) is 4.37. The minimum absolute atomic E-state index is 0.138. The lowest BCUT2D eigenvalue weighted by Gasteiger charge is -2.39. The Kier molecular flexibility index (Phi) is 12.0. The van der Waals surface area contributed by atoms with E-state index in [9.17, 15) is 31.1 Å². The Bertz CT molecular complexity index is 894. The number of aliphatic carboxylic acids is 2. The van der Waals surface area contributed by atoms with Crippen LogP contribution < -0.4 is 0 Å². The molecule has 15 heteroatoms. The second kappa shape index (κ2) is 13.7. The molecule has 3 rings (SSSR count). The zero-order chi connectivity index (χ0) is 29.3. The first-order valence-electron chi connectivity index (χ1n) is 11.5. The van der Waals surface area contributed by atoms with Crippen LogP contribution in [0.25, 0.3) is 0 Å².